The Balaban J connectivity index is 1.85. The van der Waals surface area contributed by atoms with Gasteiger partial charge in [-0.3, -0.25) is 24.2 Å². The van der Waals surface area contributed by atoms with Crippen LogP contribution in [-0.4, -0.2) is 100 Å². The van der Waals surface area contributed by atoms with Gasteiger partial charge in [0.15, 0.2) is 5.78 Å². The Bertz CT molecular complexity index is 901. The summed E-state index contributed by atoms with van der Waals surface area (Å²) in [4.78, 5) is 43.2. The fourth-order valence-corrected chi connectivity index (χ4v) is 5.72. The summed E-state index contributed by atoms with van der Waals surface area (Å²) in [5.74, 6) is -2.20. The van der Waals surface area contributed by atoms with Crippen molar-refractivity contribution in [2.24, 2.45) is 5.92 Å². The molecule has 0 aromatic heterocycles. The number of ketones is 2. The Hall–Kier alpha value is -2.54. The lowest BCUT2D eigenvalue weighted by atomic mass is 9.76. The van der Waals surface area contributed by atoms with Gasteiger partial charge in [-0.15, -0.1) is 0 Å². The maximum Gasteiger partial charge on any atom is 0.308 e. The van der Waals surface area contributed by atoms with Crippen LogP contribution in [0.1, 0.15) is 12.8 Å². The van der Waals surface area contributed by atoms with Crippen molar-refractivity contribution in [1.29, 1.82) is 5.26 Å². The molecule has 0 spiro atoms. The molecule has 3 aliphatic heterocycles. The number of likely N-dealkylation sites (N-methyl/N-ethyl adjacent to an activating group) is 2. The van der Waals surface area contributed by atoms with E-state index >= 15 is 0 Å². The number of Topliss-reactive ketones (excluding diaryl/α,β-unsaturated/α-hetero) is 1. The van der Waals surface area contributed by atoms with Crippen LogP contribution in [0.2, 0.25) is 0 Å². The molecule has 1 unspecified atom stereocenters. The van der Waals surface area contributed by atoms with Gasteiger partial charge in [-0.05, 0) is 19.9 Å². The Kier molecular flexibility index (Phi) is 4.61. The van der Waals surface area contributed by atoms with Gasteiger partial charge in [-0.25, -0.2) is 0 Å². The van der Waals surface area contributed by atoms with Crippen molar-refractivity contribution in [1.82, 2.24) is 14.7 Å². The van der Waals surface area contributed by atoms with Gasteiger partial charge in [-0.1, -0.05) is 0 Å². The van der Waals surface area contributed by atoms with E-state index in [0.717, 1.165) is 0 Å². The summed E-state index contributed by atoms with van der Waals surface area (Å²) in [6, 6.07) is -0.345. The number of aliphatic carboxylic acids is 1. The van der Waals surface area contributed by atoms with E-state index in [1.165, 1.54) is 6.08 Å². The number of carbonyl (C=O) groups is 3. The molecule has 4 aliphatic rings. The highest BCUT2D eigenvalue weighted by atomic mass is 16.4. The highest BCUT2D eigenvalue weighted by Gasteiger charge is 2.60. The molecule has 9 heteroatoms. The number of carboxylic acids is 1. The number of nitrogens with zero attached hydrogens (tertiary/aromatic N) is 4. The highest BCUT2D eigenvalue weighted by Crippen LogP contribution is 2.47. The lowest BCUT2D eigenvalue weighted by Crippen LogP contribution is -2.69. The maximum absolute atomic E-state index is 13.2. The van der Waals surface area contributed by atoms with Crippen molar-refractivity contribution < 1.29 is 24.6 Å². The molecule has 2 saturated heterocycles. The zero-order valence-corrected chi connectivity index (χ0v) is 16.6. The van der Waals surface area contributed by atoms with E-state index in [2.05, 4.69) is 6.07 Å². The molecule has 2 fully saturated rings. The van der Waals surface area contributed by atoms with E-state index in [9.17, 15) is 29.9 Å². The molecule has 6 atom stereocenters. The number of hydrogen-bond acceptors (Lipinski definition) is 8. The summed E-state index contributed by atoms with van der Waals surface area (Å²) >= 11 is 0. The van der Waals surface area contributed by atoms with E-state index < -0.39 is 42.7 Å². The standard InChI is InChI=1S/C20H24N4O5/c1-22(2)13-6-16(26)9-4-12-18-10(20(28)29)5-11(23(18)3)14(7-21)24(12)15(8-25)17(9)19(13)27/h6,10-12,14-15,18,25H,4-5,8H2,1-3H3,(H,28,29)/t10-,11+,12+,14?,15+,18-/m1/s1. The number of aliphatic hydroxyl groups is 1. The van der Waals surface area contributed by atoms with Crippen LogP contribution in [0, 0.1) is 17.2 Å². The van der Waals surface area contributed by atoms with Gasteiger partial charge >= 0.3 is 5.97 Å². The molecule has 3 heterocycles. The topological polar surface area (TPSA) is 125 Å². The second-order valence-electron chi connectivity index (χ2n) is 8.40. The van der Waals surface area contributed by atoms with E-state index in [0.29, 0.717) is 12.0 Å². The molecule has 0 amide bonds. The van der Waals surface area contributed by atoms with Gasteiger partial charge in [0.25, 0.3) is 0 Å². The summed E-state index contributed by atoms with van der Waals surface area (Å²) in [6.07, 6.45) is 1.83. The quantitative estimate of drug-likeness (QED) is 0.574. The maximum atomic E-state index is 13.2. The van der Waals surface area contributed by atoms with Crippen molar-refractivity contribution in [3.8, 4) is 6.07 Å². The van der Waals surface area contributed by atoms with Crippen LogP contribution in [0.3, 0.4) is 0 Å². The first-order valence-electron chi connectivity index (χ1n) is 9.66. The Morgan fingerprint density at radius 2 is 2.03 bits per heavy atom. The minimum atomic E-state index is -0.927. The monoisotopic (exact) mass is 400 g/mol. The van der Waals surface area contributed by atoms with Crippen LogP contribution in [0.5, 0.6) is 0 Å². The number of fused-ring (bicyclic) bond motifs is 4. The third-order valence-electron chi connectivity index (χ3n) is 6.94. The number of allylic oxidation sites excluding steroid dienone is 2. The minimum absolute atomic E-state index is 0.192. The minimum Gasteiger partial charge on any atom is -0.481 e. The SMILES string of the molecule is CN(C)C1=CC(=O)C2=C(C1=O)[C@H](CO)N1C(C#N)[C@@H]3C[C@@H](C(=O)O)[C@H]([C@@H]1C2)N3C. The Labute approximate surface area is 168 Å². The number of piperazine rings is 1. The van der Waals surface area contributed by atoms with Crippen molar-refractivity contribution in [3.05, 3.63) is 22.9 Å². The van der Waals surface area contributed by atoms with Gasteiger partial charge in [-0.2, -0.15) is 5.26 Å². The average molecular weight is 400 g/mol. The molecule has 9 nitrogen and oxygen atoms in total. The fraction of sp³-hybridized carbons (Fsp3) is 0.600. The Morgan fingerprint density at radius 1 is 1.34 bits per heavy atom. The summed E-state index contributed by atoms with van der Waals surface area (Å²) in [7, 11) is 5.16. The van der Waals surface area contributed by atoms with E-state index in [-0.39, 0.29) is 35.3 Å². The molecular formula is C20H24N4O5. The molecule has 29 heavy (non-hydrogen) atoms. The lowest BCUT2D eigenvalue weighted by molar-refractivity contribution is -0.144. The number of carbonyl (C=O) groups excluding carboxylic acids is 2. The number of aliphatic hydroxyl groups excluding tert-OH is 1. The molecule has 154 valence electrons. The number of rotatable bonds is 3. The van der Waals surface area contributed by atoms with Gasteiger partial charge in [0.1, 0.15) is 6.04 Å². The molecule has 1 aliphatic carbocycles. The first kappa shape index (κ1) is 19.8. The molecule has 0 saturated carbocycles. The second kappa shape index (κ2) is 6.76. The van der Waals surface area contributed by atoms with Crippen LogP contribution in [0.25, 0.3) is 0 Å². The zero-order chi connectivity index (χ0) is 21.2. The van der Waals surface area contributed by atoms with Gasteiger partial charge in [0, 0.05) is 49.4 Å². The summed E-state index contributed by atoms with van der Waals surface area (Å²) in [6.45, 7) is -0.422. The summed E-state index contributed by atoms with van der Waals surface area (Å²) < 4.78 is 0. The molecule has 0 radical (unpaired) electrons. The van der Waals surface area contributed by atoms with Crippen LogP contribution < -0.4 is 0 Å². The predicted octanol–water partition coefficient (Wildman–Crippen LogP) is -1.01. The molecule has 4 rings (SSSR count). The molecule has 2 N–H and O–H groups in total. The first-order chi connectivity index (χ1) is 13.7. The largest absolute Gasteiger partial charge is 0.481 e. The first-order valence-corrected chi connectivity index (χ1v) is 9.66. The third-order valence-corrected chi connectivity index (χ3v) is 6.94. The predicted molar refractivity (Wildman–Crippen MR) is 100 cm³/mol. The molecule has 2 bridgehead atoms. The molecule has 0 aromatic carbocycles. The van der Waals surface area contributed by atoms with E-state index in [4.69, 9.17) is 0 Å². The average Bonchev–Trinajstić information content (AvgIpc) is 2.93. The number of carboxylic acid groups (broad SMARTS) is 1. The van der Waals surface area contributed by atoms with Crippen molar-refractivity contribution in [2.75, 3.05) is 27.7 Å². The molecule has 0 aromatic rings. The van der Waals surface area contributed by atoms with Gasteiger partial charge in [0.2, 0.25) is 5.78 Å². The van der Waals surface area contributed by atoms with Crippen LogP contribution in [0.4, 0.5) is 0 Å². The fourth-order valence-electron chi connectivity index (χ4n) is 5.72. The van der Waals surface area contributed by atoms with Crippen LogP contribution in [-0.2, 0) is 14.4 Å². The number of hydrogen-bond donors (Lipinski definition) is 2. The second-order valence-corrected chi connectivity index (χ2v) is 8.40. The van der Waals surface area contributed by atoms with Crippen LogP contribution >= 0.6 is 0 Å². The van der Waals surface area contributed by atoms with Crippen molar-refractivity contribution >= 4 is 17.5 Å². The number of nitriles is 1. The van der Waals surface area contributed by atoms with Crippen molar-refractivity contribution in [2.45, 2.75) is 43.1 Å². The highest BCUT2D eigenvalue weighted by molar-refractivity contribution is 6.23. The Morgan fingerprint density at radius 3 is 2.59 bits per heavy atom. The van der Waals surface area contributed by atoms with Gasteiger partial charge < -0.3 is 15.1 Å². The summed E-state index contributed by atoms with van der Waals surface area (Å²) in [5, 5.41) is 29.9. The third kappa shape index (κ3) is 2.60. The zero-order valence-electron chi connectivity index (χ0n) is 16.6. The van der Waals surface area contributed by atoms with E-state index in [1.807, 2.05) is 11.9 Å². The summed E-state index contributed by atoms with van der Waals surface area (Å²) in [5.41, 5.74) is 0.830. The van der Waals surface area contributed by atoms with Crippen molar-refractivity contribution in [3.63, 3.8) is 0 Å². The smallest absolute Gasteiger partial charge is 0.308 e. The molecular weight excluding hydrogens is 376 g/mol. The lowest BCUT2D eigenvalue weighted by Gasteiger charge is -2.54. The van der Waals surface area contributed by atoms with Gasteiger partial charge in [0.05, 0.1) is 30.3 Å². The van der Waals surface area contributed by atoms with Crippen LogP contribution in [0.15, 0.2) is 22.9 Å². The normalized spacial score (nSPS) is 37.0. The van der Waals surface area contributed by atoms with E-state index in [1.54, 1.807) is 23.9 Å².